The standard InChI is InChI=1S/C18H16N4O5/c19-18(26)21(14-3-1-2-10-20-14)13-6-4-12(5-7-13)11-17(25)27-22-15(23)8-9-16(22)24/h1-7,10H,8-9,11H2,(H2,19,26). The monoisotopic (exact) mass is 368 g/mol. The average Bonchev–Trinajstić information content (AvgIpc) is 2.96. The molecule has 0 radical (unpaired) electrons. The highest BCUT2D eigenvalue weighted by Gasteiger charge is 2.32. The molecule has 2 heterocycles. The molecule has 0 bridgehead atoms. The summed E-state index contributed by atoms with van der Waals surface area (Å²) in [6.45, 7) is 0. The minimum atomic E-state index is -0.733. The van der Waals surface area contributed by atoms with E-state index in [2.05, 4.69) is 4.98 Å². The lowest BCUT2D eigenvalue weighted by atomic mass is 10.1. The number of hydrogen-bond acceptors (Lipinski definition) is 6. The van der Waals surface area contributed by atoms with Crippen LogP contribution in [0.4, 0.5) is 16.3 Å². The van der Waals surface area contributed by atoms with Crippen molar-refractivity contribution >= 4 is 35.3 Å². The SMILES string of the molecule is NC(=O)N(c1ccc(CC(=O)ON2C(=O)CCC2=O)cc1)c1ccccn1. The summed E-state index contributed by atoms with van der Waals surface area (Å²) in [5.41, 5.74) is 6.49. The van der Waals surface area contributed by atoms with Crippen molar-refractivity contribution in [1.82, 2.24) is 10.0 Å². The van der Waals surface area contributed by atoms with E-state index in [1.54, 1.807) is 42.5 Å². The van der Waals surface area contributed by atoms with Crippen LogP contribution >= 0.6 is 0 Å². The highest BCUT2D eigenvalue weighted by Crippen LogP contribution is 2.23. The largest absolute Gasteiger partial charge is 0.351 e. The predicted molar refractivity (Wildman–Crippen MR) is 93.3 cm³/mol. The Morgan fingerprint density at radius 1 is 1.07 bits per heavy atom. The minimum Gasteiger partial charge on any atom is -0.351 e. The number of nitrogens with two attached hydrogens (primary N) is 1. The lowest BCUT2D eigenvalue weighted by Crippen LogP contribution is -2.32. The molecule has 2 aromatic rings. The summed E-state index contributed by atoms with van der Waals surface area (Å²) in [6.07, 6.45) is 1.47. The van der Waals surface area contributed by atoms with Crippen molar-refractivity contribution in [2.45, 2.75) is 19.3 Å². The van der Waals surface area contributed by atoms with Crippen molar-refractivity contribution < 1.29 is 24.0 Å². The molecule has 1 fully saturated rings. The average molecular weight is 368 g/mol. The van der Waals surface area contributed by atoms with E-state index in [-0.39, 0.29) is 19.3 Å². The summed E-state index contributed by atoms with van der Waals surface area (Å²) in [5, 5.41) is 0.507. The summed E-state index contributed by atoms with van der Waals surface area (Å²) in [7, 11) is 0. The molecule has 138 valence electrons. The van der Waals surface area contributed by atoms with Gasteiger partial charge in [0, 0.05) is 19.0 Å². The quantitative estimate of drug-likeness (QED) is 0.797. The molecule has 0 unspecified atom stereocenters. The number of imide groups is 1. The molecule has 1 aromatic carbocycles. The maximum Gasteiger partial charge on any atom is 0.337 e. The van der Waals surface area contributed by atoms with Gasteiger partial charge in [0.1, 0.15) is 5.82 Å². The summed E-state index contributed by atoms with van der Waals surface area (Å²) < 4.78 is 0. The maximum absolute atomic E-state index is 11.9. The Bertz CT molecular complexity index is 866. The molecule has 0 atom stereocenters. The molecule has 9 nitrogen and oxygen atoms in total. The molecule has 1 aromatic heterocycles. The molecule has 0 spiro atoms. The Morgan fingerprint density at radius 3 is 2.30 bits per heavy atom. The van der Waals surface area contributed by atoms with Gasteiger partial charge >= 0.3 is 12.0 Å². The zero-order valence-electron chi connectivity index (χ0n) is 14.2. The molecular formula is C18H16N4O5. The number of carbonyl (C=O) groups is 4. The molecule has 1 saturated heterocycles. The zero-order valence-corrected chi connectivity index (χ0v) is 14.2. The van der Waals surface area contributed by atoms with Crippen LogP contribution in [-0.2, 0) is 25.6 Å². The van der Waals surface area contributed by atoms with Crippen LogP contribution in [-0.4, -0.2) is 33.9 Å². The molecule has 0 saturated carbocycles. The molecule has 27 heavy (non-hydrogen) atoms. The number of aromatic nitrogens is 1. The fourth-order valence-corrected chi connectivity index (χ4v) is 2.58. The second-order valence-corrected chi connectivity index (χ2v) is 5.75. The Balaban J connectivity index is 1.69. The van der Waals surface area contributed by atoms with E-state index in [1.165, 1.54) is 11.1 Å². The van der Waals surface area contributed by atoms with Gasteiger partial charge in [-0.1, -0.05) is 18.2 Å². The number of rotatable bonds is 5. The third-order valence-electron chi connectivity index (χ3n) is 3.84. The van der Waals surface area contributed by atoms with Crippen molar-refractivity contribution in [2.75, 3.05) is 4.90 Å². The molecule has 9 heteroatoms. The Morgan fingerprint density at radius 2 is 1.74 bits per heavy atom. The number of pyridine rings is 1. The zero-order chi connectivity index (χ0) is 19.4. The number of primary amides is 1. The van der Waals surface area contributed by atoms with Gasteiger partial charge in [-0.3, -0.25) is 9.59 Å². The van der Waals surface area contributed by atoms with Gasteiger partial charge in [0.25, 0.3) is 11.8 Å². The lowest BCUT2D eigenvalue weighted by molar-refractivity contribution is -0.197. The van der Waals surface area contributed by atoms with Crippen LogP contribution in [0.2, 0.25) is 0 Å². The van der Waals surface area contributed by atoms with Gasteiger partial charge in [-0.15, -0.1) is 5.06 Å². The number of anilines is 2. The smallest absolute Gasteiger partial charge is 0.337 e. The van der Waals surface area contributed by atoms with Crippen LogP contribution < -0.4 is 10.6 Å². The van der Waals surface area contributed by atoms with E-state index in [4.69, 9.17) is 10.6 Å². The molecular weight excluding hydrogens is 352 g/mol. The van der Waals surface area contributed by atoms with E-state index in [0.29, 0.717) is 22.1 Å². The summed E-state index contributed by atoms with van der Waals surface area (Å²) in [5.74, 6) is -1.43. The second-order valence-electron chi connectivity index (χ2n) is 5.75. The van der Waals surface area contributed by atoms with Crippen molar-refractivity contribution in [3.8, 4) is 0 Å². The number of nitrogens with zero attached hydrogens (tertiary/aromatic N) is 3. The van der Waals surface area contributed by atoms with Crippen LogP contribution in [0.1, 0.15) is 18.4 Å². The Labute approximate surface area is 154 Å². The predicted octanol–water partition coefficient (Wildman–Crippen LogP) is 1.45. The van der Waals surface area contributed by atoms with Crippen LogP contribution in [0.15, 0.2) is 48.7 Å². The van der Waals surface area contributed by atoms with Crippen molar-refractivity contribution in [3.63, 3.8) is 0 Å². The number of amides is 4. The van der Waals surface area contributed by atoms with Gasteiger partial charge < -0.3 is 10.6 Å². The number of hydrogen-bond donors (Lipinski definition) is 1. The normalized spacial score (nSPS) is 13.6. The second kappa shape index (κ2) is 7.65. The molecule has 4 amide bonds. The van der Waals surface area contributed by atoms with E-state index in [0.717, 1.165) is 0 Å². The van der Waals surface area contributed by atoms with Gasteiger partial charge in [0.15, 0.2) is 0 Å². The fourth-order valence-electron chi connectivity index (χ4n) is 2.58. The van der Waals surface area contributed by atoms with Crippen LogP contribution in [0.5, 0.6) is 0 Å². The van der Waals surface area contributed by atoms with Crippen molar-refractivity contribution in [1.29, 1.82) is 0 Å². The van der Waals surface area contributed by atoms with Crippen LogP contribution in [0.25, 0.3) is 0 Å². The first kappa shape index (κ1) is 18.1. The van der Waals surface area contributed by atoms with Crippen molar-refractivity contribution in [3.05, 3.63) is 54.2 Å². The molecule has 3 rings (SSSR count). The van der Waals surface area contributed by atoms with Crippen LogP contribution in [0, 0.1) is 0 Å². The van der Waals surface area contributed by atoms with Gasteiger partial charge in [0.05, 0.1) is 12.1 Å². The summed E-state index contributed by atoms with van der Waals surface area (Å²) >= 11 is 0. The van der Waals surface area contributed by atoms with E-state index in [1.807, 2.05) is 0 Å². The lowest BCUT2D eigenvalue weighted by Gasteiger charge is -2.19. The summed E-state index contributed by atoms with van der Waals surface area (Å²) in [6, 6.07) is 10.8. The first-order valence-corrected chi connectivity index (χ1v) is 8.12. The first-order chi connectivity index (χ1) is 13.0. The van der Waals surface area contributed by atoms with Gasteiger partial charge in [0.2, 0.25) is 0 Å². The third-order valence-corrected chi connectivity index (χ3v) is 3.84. The highest BCUT2D eigenvalue weighted by atomic mass is 16.7. The topological polar surface area (TPSA) is 123 Å². The van der Waals surface area contributed by atoms with Gasteiger partial charge in [-0.05, 0) is 29.8 Å². The number of urea groups is 1. The number of carbonyl (C=O) groups excluding carboxylic acids is 4. The minimum absolute atomic E-state index is 0.0390. The fraction of sp³-hybridized carbons (Fsp3) is 0.167. The Hall–Kier alpha value is -3.75. The van der Waals surface area contributed by atoms with E-state index >= 15 is 0 Å². The maximum atomic E-state index is 11.9. The number of hydroxylamine groups is 2. The van der Waals surface area contributed by atoms with Gasteiger partial charge in [-0.2, -0.15) is 0 Å². The van der Waals surface area contributed by atoms with Crippen molar-refractivity contribution in [2.24, 2.45) is 5.73 Å². The van der Waals surface area contributed by atoms with Gasteiger partial charge in [-0.25, -0.2) is 19.5 Å². The summed E-state index contributed by atoms with van der Waals surface area (Å²) in [4.78, 5) is 56.8. The number of benzene rings is 1. The van der Waals surface area contributed by atoms with E-state index in [9.17, 15) is 19.2 Å². The van der Waals surface area contributed by atoms with E-state index < -0.39 is 23.8 Å². The molecule has 1 aliphatic heterocycles. The first-order valence-electron chi connectivity index (χ1n) is 8.12. The molecule has 1 aliphatic rings. The third kappa shape index (κ3) is 4.09. The Kier molecular flexibility index (Phi) is 5.11. The highest BCUT2D eigenvalue weighted by molar-refractivity contribution is 6.01. The molecule has 0 aliphatic carbocycles. The molecule has 2 N–H and O–H groups in total. The van der Waals surface area contributed by atoms with Crippen LogP contribution in [0.3, 0.4) is 0 Å².